The lowest BCUT2D eigenvalue weighted by Crippen LogP contribution is -2.29. The highest BCUT2D eigenvalue weighted by atomic mass is 35.5. The maximum absolute atomic E-state index is 12.3. The molecule has 5 heteroatoms. The fourth-order valence-electron chi connectivity index (χ4n) is 2.48. The van der Waals surface area contributed by atoms with Crippen molar-refractivity contribution in [1.29, 1.82) is 0 Å². The lowest BCUT2D eigenvalue weighted by Gasteiger charge is -2.18. The number of carbonyl (C=O) groups excluding carboxylic acids is 2. The summed E-state index contributed by atoms with van der Waals surface area (Å²) in [5.74, 6) is -0.165. The highest BCUT2D eigenvalue weighted by Gasteiger charge is 2.13. The minimum atomic E-state index is -0.118. The molecular weight excluding hydrogens is 324 g/mol. The first-order valence-corrected chi connectivity index (χ1v) is 8.27. The Labute approximate surface area is 147 Å². The van der Waals surface area contributed by atoms with Gasteiger partial charge in [0.05, 0.1) is 12.5 Å². The topological polar surface area (TPSA) is 58.2 Å². The Bertz CT molecular complexity index is 714. The number of hydrogen-bond acceptors (Lipinski definition) is 2. The average molecular weight is 345 g/mol. The van der Waals surface area contributed by atoms with Crippen molar-refractivity contribution in [3.63, 3.8) is 0 Å². The molecule has 0 spiro atoms. The quantitative estimate of drug-likeness (QED) is 0.828. The van der Waals surface area contributed by atoms with E-state index in [0.717, 1.165) is 23.2 Å². The molecule has 0 heterocycles. The lowest BCUT2D eigenvalue weighted by atomic mass is 10.0. The van der Waals surface area contributed by atoms with Crippen LogP contribution in [0.3, 0.4) is 0 Å². The monoisotopic (exact) mass is 344 g/mol. The van der Waals surface area contributed by atoms with Crippen molar-refractivity contribution in [3.05, 3.63) is 64.7 Å². The molecule has 1 unspecified atom stereocenters. The van der Waals surface area contributed by atoms with Gasteiger partial charge >= 0.3 is 0 Å². The second-order valence-corrected chi connectivity index (χ2v) is 6.07. The van der Waals surface area contributed by atoms with Gasteiger partial charge in [-0.2, -0.15) is 0 Å². The summed E-state index contributed by atoms with van der Waals surface area (Å²) in [6, 6.07) is 14.7. The molecule has 24 heavy (non-hydrogen) atoms. The summed E-state index contributed by atoms with van der Waals surface area (Å²) in [6.45, 7) is 3.48. The number of hydrogen-bond donors (Lipinski definition) is 2. The third kappa shape index (κ3) is 5.39. The SMILES string of the molecule is CCC(NC(=O)Cc1ccc(NC(C)=O)cc1)c1cccc(Cl)c1. The van der Waals surface area contributed by atoms with Gasteiger partial charge in [-0.15, -0.1) is 0 Å². The van der Waals surface area contributed by atoms with Crippen LogP contribution < -0.4 is 10.6 Å². The molecule has 0 aliphatic carbocycles. The van der Waals surface area contributed by atoms with E-state index < -0.39 is 0 Å². The number of carbonyl (C=O) groups is 2. The Hall–Kier alpha value is -2.33. The predicted molar refractivity (Wildman–Crippen MR) is 97.1 cm³/mol. The summed E-state index contributed by atoms with van der Waals surface area (Å²) in [4.78, 5) is 23.3. The van der Waals surface area contributed by atoms with Gasteiger partial charge in [-0.05, 0) is 41.8 Å². The summed E-state index contributed by atoms with van der Waals surface area (Å²) in [7, 11) is 0. The highest BCUT2D eigenvalue weighted by Crippen LogP contribution is 2.20. The zero-order valence-corrected chi connectivity index (χ0v) is 14.6. The molecule has 0 saturated carbocycles. The Balaban J connectivity index is 1.97. The van der Waals surface area contributed by atoms with Crippen molar-refractivity contribution < 1.29 is 9.59 Å². The molecule has 0 radical (unpaired) electrons. The van der Waals surface area contributed by atoms with E-state index in [4.69, 9.17) is 11.6 Å². The maximum Gasteiger partial charge on any atom is 0.224 e. The zero-order valence-electron chi connectivity index (χ0n) is 13.8. The molecular formula is C19H21ClN2O2. The van der Waals surface area contributed by atoms with E-state index in [9.17, 15) is 9.59 Å². The van der Waals surface area contributed by atoms with Crippen LogP contribution in [0.15, 0.2) is 48.5 Å². The van der Waals surface area contributed by atoms with Gasteiger partial charge in [0.2, 0.25) is 11.8 Å². The fourth-order valence-corrected chi connectivity index (χ4v) is 2.68. The third-order valence-corrected chi connectivity index (χ3v) is 3.87. The molecule has 0 bridgehead atoms. The highest BCUT2D eigenvalue weighted by molar-refractivity contribution is 6.30. The van der Waals surface area contributed by atoms with Gasteiger partial charge in [0.15, 0.2) is 0 Å². The van der Waals surface area contributed by atoms with E-state index in [1.807, 2.05) is 43.3 Å². The van der Waals surface area contributed by atoms with E-state index in [-0.39, 0.29) is 24.3 Å². The molecule has 2 rings (SSSR count). The van der Waals surface area contributed by atoms with Gasteiger partial charge < -0.3 is 10.6 Å². The van der Waals surface area contributed by atoms with Gasteiger partial charge in [-0.3, -0.25) is 9.59 Å². The number of nitrogens with one attached hydrogen (secondary N) is 2. The second kappa shape index (κ2) is 8.50. The van der Waals surface area contributed by atoms with Gasteiger partial charge in [0, 0.05) is 17.6 Å². The van der Waals surface area contributed by atoms with Gasteiger partial charge in [0.25, 0.3) is 0 Å². The first-order valence-electron chi connectivity index (χ1n) is 7.89. The van der Waals surface area contributed by atoms with E-state index in [1.54, 1.807) is 12.1 Å². The number of amides is 2. The molecule has 0 aliphatic rings. The second-order valence-electron chi connectivity index (χ2n) is 5.64. The zero-order chi connectivity index (χ0) is 17.5. The van der Waals surface area contributed by atoms with E-state index in [1.165, 1.54) is 6.92 Å². The van der Waals surface area contributed by atoms with Crippen LogP contribution in [0, 0.1) is 0 Å². The molecule has 4 nitrogen and oxygen atoms in total. The van der Waals surface area contributed by atoms with Crippen LogP contribution in [0.2, 0.25) is 5.02 Å². The summed E-state index contributed by atoms with van der Waals surface area (Å²) >= 11 is 6.02. The molecule has 2 amide bonds. The smallest absolute Gasteiger partial charge is 0.224 e. The van der Waals surface area contributed by atoms with Crippen molar-refractivity contribution in [2.24, 2.45) is 0 Å². The van der Waals surface area contributed by atoms with E-state index in [0.29, 0.717) is 5.02 Å². The Morgan fingerprint density at radius 3 is 2.42 bits per heavy atom. The van der Waals surface area contributed by atoms with Crippen LogP contribution in [0.25, 0.3) is 0 Å². The van der Waals surface area contributed by atoms with Crippen LogP contribution in [-0.4, -0.2) is 11.8 Å². The van der Waals surface area contributed by atoms with Gasteiger partial charge in [0.1, 0.15) is 0 Å². The Kier molecular flexibility index (Phi) is 6.38. The maximum atomic E-state index is 12.3. The standard InChI is InChI=1S/C19H21ClN2O2/c1-3-18(15-5-4-6-16(20)12-15)22-19(24)11-14-7-9-17(10-8-14)21-13(2)23/h4-10,12,18H,3,11H2,1-2H3,(H,21,23)(H,22,24). The van der Waals surface area contributed by atoms with Crippen LogP contribution in [0.4, 0.5) is 5.69 Å². The Morgan fingerprint density at radius 2 is 1.83 bits per heavy atom. The van der Waals surface area contributed by atoms with Gasteiger partial charge in [-0.25, -0.2) is 0 Å². The molecule has 126 valence electrons. The summed E-state index contributed by atoms with van der Waals surface area (Å²) < 4.78 is 0. The number of benzene rings is 2. The van der Waals surface area contributed by atoms with Gasteiger partial charge in [-0.1, -0.05) is 42.8 Å². The largest absolute Gasteiger partial charge is 0.349 e. The summed E-state index contributed by atoms with van der Waals surface area (Å²) in [6.07, 6.45) is 1.07. The molecule has 2 N–H and O–H groups in total. The van der Waals surface area contributed by atoms with Crippen molar-refractivity contribution in [2.45, 2.75) is 32.7 Å². The van der Waals surface area contributed by atoms with Crippen molar-refractivity contribution in [3.8, 4) is 0 Å². The number of anilines is 1. The van der Waals surface area contributed by atoms with E-state index in [2.05, 4.69) is 10.6 Å². The van der Waals surface area contributed by atoms with Crippen molar-refractivity contribution >= 4 is 29.1 Å². The first kappa shape index (κ1) is 18.0. The number of halogens is 1. The molecule has 2 aromatic carbocycles. The molecule has 0 aromatic heterocycles. The predicted octanol–water partition coefficient (Wildman–Crippen LogP) is 4.11. The Morgan fingerprint density at radius 1 is 1.12 bits per heavy atom. The minimum Gasteiger partial charge on any atom is -0.349 e. The number of rotatable bonds is 6. The minimum absolute atomic E-state index is 0.0471. The van der Waals surface area contributed by atoms with Crippen LogP contribution >= 0.6 is 11.6 Å². The molecule has 0 fully saturated rings. The van der Waals surface area contributed by atoms with Crippen LogP contribution in [0.1, 0.15) is 37.4 Å². The molecule has 2 aromatic rings. The van der Waals surface area contributed by atoms with E-state index >= 15 is 0 Å². The van der Waals surface area contributed by atoms with Crippen LogP contribution in [-0.2, 0) is 16.0 Å². The first-order chi connectivity index (χ1) is 11.5. The van der Waals surface area contributed by atoms with Crippen LogP contribution in [0.5, 0.6) is 0 Å². The normalized spacial score (nSPS) is 11.6. The lowest BCUT2D eigenvalue weighted by molar-refractivity contribution is -0.121. The molecule has 0 aliphatic heterocycles. The molecule has 0 saturated heterocycles. The van der Waals surface area contributed by atoms with Crippen molar-refractivity contribution in [1.82, 2.24) is 5.32 Å². The average Bonchev–Trinajstić information content (AvgIpc) is 2.54. The van der Waals surface area contributed by atoms with Crippen molar-refractivity contribution in [2.75, 3.05) is 5.32 Å². The molecule has 1 atom stereocenters. The summed E-state index contributed by atoms with van der Waals surface area (Å²) in [5.41, 5.74) is 2.61. The third-order valence-electron chi connectivity index (χ3n) is 3.63. The summed E-state index contributed by atoms with van der Waals surface area (Å²) in [5, 5.41) is 6.40. The fraction of sp³-hybridized carbons (Fsp3) is 0.263.